The Bertz CT molecular complexity index is 1090. The predicted molar refractivity (Wildman–Crippen MR) is 116 cm³/mol. The van der Waals surface area contributed by atoms with Crippen molar-refractivity contribution in [2.45, 2.75) is 32.2 Å². The van der Waals surface area contributed by atoms with Gasteiger partial charge >= 0.3 is 0 Å². The average molecular weight is 403 g/mol. The Labute approximate surface area is 175 Å². The summed E-state index contributed by atoms with van der Waals surface area (Å²) in [4.78, 5) is 26.6. The molecule has 0 spiro atoms. The first-order valence-electron chi connectivity index (χ1n) is 10.2. The van der Waals surface area contributed by atoms with Gasteiger partial charge in [-0.1, -0.05) is 47.7 Å². The number of unbranched alkanes of at least 4 members (excludes halogenated alkanes) is 1. The number of amides is 2. The molecule has 2 amide bonds. The number of rotatable bonds is 5. The fraction of sp³-hybridized carbons (Fsp3) is 0.304. The molecule has 1 aromatic heterocycles. The molecule has 0 unspecified atom stereocenters. The summed E-state index contributed by atoms with van der Waals surface area (Å²) in [5.41, 5.74) is 5.55. The Kier molecular flexibility index (Phi) is 5.61. The van der Waals surface area contributed by atoms with E-state index >= 15 is 0 Å². The van der Waals surface area contributed by atoms with Gasteiger partial charge in [-0.15, -0.1) is 5.10 Å². The Balaban J connectivity index is 1.71. The fourth-order valence-corrected chi connectivity index (χ4v) is 3.94. The minimum atomic E-state index is 0.00391. The molecule has 0 radical (unpaired) electrons. The highest BCUT2D eigenvalue weighted by Crippen LogP contribution is 2.40. The van der Waals surface area contributed by atoms with Crippen LogP contribution in [0.4, 0.5) is 5.69 Å². The van der Waals surface area contributed by atoms with Gasteiger partial charge in [0.25, 0.3) is 0 Å². The maximum atomic E-state index is 13.3. The number of para-hydroxylation sites is 1. The SMILES string of the molecule is CNC(=O)CCCCC(=O)N1Cc2ccccc2-c2nnn(C)c2-c2ccccc21. The topological polar surface area (TPSA) is 80.1 Å². The molecule has 154 valence electrons. The summed E-state index contributed by atoms with van der Waals surface area (Å²) in [6.45, 7) is 0.470. The minimum absolute atomic E-state index is 0.00391. The van der Waals surface area contributed by atoms with E-state index in [9.17, 15) is 9.59 Å². The van der Waals surface area contributed by atoms with E-state index < -0.39 is 0 Å². The number of carbonyl (C=O) groups excluding carboxylic acids is 2. The van der Waals surface area contributed by atoms with Gasteiger partial charge in [-0.25, -0.2) is 4.68 Å². The van der Waals surface area contributed by atoms with Crippen molar-refractivity contribution in [2.75, 3.05) is 11.9 Å². The lowest BCUT2D eigenvalue weighted by Crippen LogP contribution is -2.31. The first-order chi connectivity index (χ1) is 14.6. The molecule has 2 aromatic carbocycles. The number of anilines is 1. The zero-order valence-electron chi connectivity index (χ0n) is 17.3. The number of nitrogens with zero attached hydrogens (tertiary/aromatic N) is 4. The van der Waals surface area contributed by atoms with Crippen LogP contribution in [-0.4, -0.2) is 33.9 Å². The molecule has 0 bridgehead atoms. The molecule has 4 rings (SSSR count). The van der Waals surface area contributed by atoms with E-state index in [1.54, 1.807) is 11.7 Å². The molecule has 30 heavy (non-hydrogen) atoms. The third-order valence-electron chi connectivity index (χ3n) is 5.50. The molecule has 1 aliphatic rings. The quantitative estimate of drug-likeness (QED) is 0.663. The summed E-state index contributed by atoms with van der Waals surface area (Å²) in [6.07, 6.45) is 2.19. The average Bonchev–Trinajstić information content (AvgIpc) is 3.14. The highest BCUT2D eigenvalue weighted by molar-refractivity contribution is 6.00. The smallest absolute Gasteiger partial charge is 0.227 e. The first kappa shape index (κ1) is 19.8. The molecule has 7 nitrogen and oxygen atoms in total. The molecule has 0 atom stereocenters. The number of carbonyl (C=O) groups is 2. The third kappa shape index (κ3) is 3.70. The van der Waals surface area contributed by atoms with Gasteiger partial charge in [0.05, 0.1) is 17.9 Å². The van der Waals surface area contributed by atoms with E-state index in [1.807, 2.05) is 60.5 Å². The van der Waals surface area contributed by atoms with Crippen LogP contribution in [0.5, 0.6) is 0 Å². The zero-order chi connectivity index (χ0) is 21.1. The second-order valence-corrected chi connectivity index (χ2v) is 7.44. The second kappa shape index (κ2) is 8.49. The van der Waals surface area contributed by atoms with Crippen LogP contribution in [0.1, 0.15) is 31.2 Å². The van der Waals surface area contributed by atoms with Crippen molar-refractivity contribution in [3.05, 3.63) is 54.1 Å². The number of hydrogen-bond donors (Lipinski definition) is 1. The van der Waals surface area contributed by atoms with E-state index in [0.29, 0.717) is 32.2 Å². The number of aryl methyl sites for hydroxylation is 1. The number of aromatic nitrogens is 3. The van der Waals surface area contributed by atoms with Gasteiger partial charge in [0.1, 0.15) is 5.69 Å². The fourth-order valence-electron chi connectivity index (χ4n) is 3.94. The molecule has 0 saturated heterocycles. The maximum absolute atomic E-state index is 13.3. The van der Waals surface area contributed by atoms with Crippen molar-refractivity contribution in [3.63, 3.8) is 0 Å². The van der Waals surface area contributed by atoms with Gasteiger partial charge in [-0.05, 0) is 24.5 Å². The Morgan fingerprint density at radius 3 is 2.50 bits per heavy atom. The maximum Gasteiger partial charge on any atom is 0.227 e. The Morgan fingerprint density at radius 2 is 1.70 bits per heavy atom. The van der Waals surface area contributed by atoms with Gasteiger partial charge in [-0.2, -0.15) is 0 Å². The van der Waals surface area contributed by atoms with E-state index in [1.165, 1.54) is 0 Å². The zero-order valence-corrected chi connectivity index (χ0v) is 17.3. The van der Waals surface area contributed by atoms with Crippen molar-refractivity contribution in [1.82, 2.24) is 20.3 Å². The van der Waals surface area contributed by atoms with E-state index in [-0.39, 0.29) is 11.8 Å². The predicted octanol–water partition coefficient (Wildman–Crippen LogP) is 3.30. The summed E-state index contributed by atoms with van der Waals surface area (Å²) in [5, 5.41) is 11.3. The van der Waals surface area contributed by atoms with Crippen LogP contribution in [0.2, 0.25) is 0 Å². The van der Waals surface area contributed by atoms with Crippen molar-refractivity contribution >= 4 is 17.5 Å². The molecule has 2 heterocycles. The highest BCUT2D eigenvalue weighted by Gasteiger charge is 2.28. The van der Waals surface area contributed by atoms with E-state index in [2.05, 4.69) is 15.6 Å². The molecule has 3 aromatic rings. The molecule has 0 fully saturated rings. The van der Waals surface area contributed by atoms with Gasteiger partial charge in [0, 0.05) is 38.1 Å². The van der Waals surface area contributed by atoms with Crippen molar-refractivity contribution in [2.24, 2.45) is 7.05 Å². The molecule has 7 heteroatoms. The summed E-state index contributed by atoms with van der Waals surface area (Å²) in [7, 11) is 3.50. The lowest BCUT2D eigenvalue weighted by atomic mass is 9.95. The monoisotopic (exact) mass is 403 g/mol. The van der Waals surface area contributed by atoms with Gasteiger partial charge in [0.2, 0.25) is 11.8 Å². The van der Waals surface area contributed by atoms with Gasteiger partial charge in [-0.3, -0.25) is 9.59 Å². The van der Waals surface area contributed by atoms with Crippen LogP contribution >= 0.6 is 0 Å². The molecular formula is C23H25N5O2. The Hall–Kier alpha value is -3.48. The van der Waals surface area contributed by atoms with Crippen LogP contribution in [-0.2, 0) is 23.2 Å². The first-order valence-corrected chi connectivity index (χ1v) is 10.2. The number of fused-ring (bicyclic) bond motifs is 5. The third-order valence-corrected chi connectivity index (χ3v) is 5.50. The van der Waals surface area contributed by atoms with Crippen molar-refractivity contribution < 1.29 is 9.59 Å². The van der Waals surface area contributed by atoms with E-state index in [4.69, 9.17) is 0 Å². The van der Waals surface area contributed by atoms with Crippen molar-refractivity contribution in [1.29, 1.82) is 0 Å². The summed E-state index contributed by atoms with van der Waals surface area (Å²) in [5.74, 6) is 0.0527. The Morgan fingerprint density at radius 1 is 1.00 bits per heavy atom. The van der Waals surface area contributed by atoms with Crippen LogP contribution in [0.3, 0.4) is 0 Å². The van der Waals surface area contributed by atoms with Crippen LogP contribution in [0.25, 0.3) is 22.5 Å². The summed E-state index contributed by atoms with van der Waals surface area (Å²) >= 11 is 0. The van der Waals surface area contributed by atoms with Crippen LogP contribution in [0.15, 0.2) is 48.5 Å². The molecule has 1 aliphatic heterocycles. The van der Waals surface area contributed by atoms with E-state index in [0.717, 1.165) is 33.8 Å². The minimum Gasteiger partial charge on any atom is -0.359 e. The lowest BCUT2D eigenvalue weighted by Gasteiger charge is -2.28. The molecule has 0 aliphatic carbocycles. The second-order valence-electron chi connectivity index (χ2n) is 7.44. The van der Waals surface area contributed by atoms with Gasteiger partial charge < -0.3 is 10.2 Å². The lowest BCUT2D eigenvalue weighted by molar-refractivity contribution is -0.121. The number of hydrogen-bond acceptors (Lipinski definition) is 4. The standard InChI is InChI=1S/C23H25N5O2/c1-24-20(29)13-7-8-14-21(30)28-15-16-9-3-4-10-17(16)22-23(27(2)26-25-22)18-11-5-6-12-19(18)28/h3-6,9-12H,7-8,13-15H2,1-2H3,(H,24,29). The molecular weight excluding hydrogens is 378 g/mol. The highest BCUT2D eigenvalue weighted by atomic mass is 16.2. The van der Waals surface area contributed by atoms with Crippen molar-refractivity contribution in [3.8, 4) is 22.5 Å². The molecule has 1 N–H and O–H groups in total. The van der Waals surface area contributed by atoms with Crippen LogP contribution < -0.4 is 10.2 Å². The van der Waals surface area contributed by atoms with Gasteiger partial charge in [0.15, 0.2) is 0 Å². The number of benzene rings is 2. The molecule has 0 saturated carbocycles. The number of nitrogens with one attached hydrogen (secondary N) is 1. The van der Waals surface area contributed by atoms with Crippen LogP contribution in [0, 0.1) is 0 Å². The summed E-state index contributed by atoms with van der Waals surface area (Å²) in [6, 6.07) is 15.9. The largest absolute Gasteiger partial charge is 0.359 e. The summed E-state index contributed by atoms with van der Waals surface area (Å²) < 4.78 is 1.77. The normalized spacial score (nSPS) is 12.3.